The molecule has 0 saturated carbocycles. The number of nitrogens with zero attached hydrogens (tertiary/aromatic N) is 2. The average molecular weight is 640 g/mol. The van der Waals surface area contributed by atoms with Crippen LogP contribution in [0.3, 0.4) is 0 Å². The Morgan fingerprint density at radius 3 is 1.33 bits per heavy atom. The van der Waals surface area contributed by atoms with Crippen LogP contribution in [-0.4, -0.2) is 22.6 Å². The van der Waals surface area contributed by atoms with Crippen molar-refractivity contribution in [1.82, 2.24) is 9.13 Å². The molecule has 7 aromatic carbocycles. The summed E-state index contributed by atoms with van der Waals surface area (Å²) in [4.78, 5) is 5.58. The second-order valence-electron chi connectivity index (χ2n) is 13.5. The maximum Gasteiger partial charge on any atom is 0.252 e. The SMILES string of the molecule is c1ccc2c(c1)Sc1c3c(c4c5c1-n1c6ccccc6c6cccc(c61)B5c1cccc5c6ccccc6n-4c15)Sc1ccccc1B23. The zero-order chi connectivity index (χ0) is 30.8. The average Bonchev–Trinajstić information content (AvgIpc) is 3.66. The summed E-state index contributed by atoms with van der Waals surface area (Å²) in [7, 11) is 0. The Balaban J connectivity index is 1.33. The van der Waals surface area contributed by atoms with Gasteiger partial charge in [-0.05, 0) is 46.1 Å². The quantitative estimate of drug-likeness (QED) is 0.176. The summed E-state index contributed by atoms with van der Waals surface area (Å²) in [5.41, 5.74) is 16.6. The summed E-state index contributed by atoms with van der Waals surface area (Å²) >= 11 is 3.98. The van der Waals surface area contributed by atoms with Gasteiger partial charge in [0, 0.05) is 52.2 Å². The fourth-order valence-corrected chi connectivity index (χ4v) is 12.4. The number of hydrogen-bond donors (Lipinski definition) is 0. The van der Waals surface area contributed by atoms with Crippen LogP contribution in [0.4, 0.5) is 0 Å². The highest BCUT2D eigenvalue weighted by atomic mass is 32.2. The number of aromatic nitrogens is 2. The normalized spacial score (nSPS) is 14.4. The number of hydrogen-bond acceptors (Lipinski definition) is 2. The van der Waals surface area contributed by atoms with Gasteiger partial charge in [0.05, 0.1) is 22.4 Å². The summed E-state index contributed by atoms with van der Waals surface area (Å²) in [6.45, 7) is 0.306. The molecule has 0 atom stereocenters. The molecule has 0 N–H and O–H groups in total. The standard InChI is InChI=1S/C42H22B2N2S2/c1-5-19-31-23(11-1)25-13-9-17-29-37(25)45(31)39-35-40(46-32-20-6-2-12-24(32)26-14-10-18-30(38(26)46)44(29)35)42-36-41(39)47-33-21-7-3-15-27(33)43(36)28-16-4-8-22-34(28)48-42/h1-22H. The topological polar surface area (TPSA) is 9.86 Å². The van der Waals surface area contributed by atoms with Gasteiger partial charge in [-0.25, -0.2) is 0 Å². The van der Waals surface area contributed by atoms with Crippen LogP contribution in [-0.2, 0) is 0 Å². The van der Waals surface area contributed by atoms with E-state index in [4.69, 9.17) is 0 Å². The third kappa shape index (κ3) is 2.73. The van der Waals surface area contributed by atoms with Crippen LogP contribution in [0.15, 0.2) is 153 Å². The Bertz CT molecular complexity index is 2790. The molecule has 0 saturated heterocycles. The van der Waals surface area contributed by atoms with E-state index in [1.807, 2.05) is 23.5 Å². The Hall–Kier alpha value is -5.03. The molecule has 218 valence electrons. The third-order valence-corrected chi connectivity index (χ3v) is 13.8. The highest BCUT2D eigenvalue weighted by molar-refractivity contribution is 8.01. The van der Waals surface area contributed by atoms with Crippen LogP contribution >= 0.6 is 23.5 Å². The van der Waals surface area contributed by atoms with Crippen molar-refractivity contribution in [3.05, 3.63) is 133 Å². The van der Waals surface area contributed by atoms with Crippen molar-refractivity contribution in [2.75, 3.05) is 0 Å². The van der Waals surface area contributed by atoms with E-state index in [1.54, 1.807) is 0 Å². The molecule has 0 radical (unpaired) electrons. The summed E-state index contributed by atoms with van der Waals surface area (Å²) in [5, 5.41) is 5.34. The molecule has 2 aromatic heterocycles. The van der Waals surface area contributed by atoms with E-state index in [9.17, 15) is 0 Å². The molecule has 9 aromatic rings. The van der Waals surface area contributed by atoms with Crippen LogP contribution in [0.1, 0.15) is 0 Å². The van der Waals surface area contributed by atoms with Gasteiger partial charge in [-0.1, -0.05) is 144 Å². The minimum absolute atomic E-state index is 0.131. The van der Waals surface area contributed by atoms with Gasteiger partial charge >= 0.3 is 0 Å². The van der Waals surface area contributed by atoms with E-state index < -0.39 is 0 Å². The van der Waals surface area contributed by atoms with E-state index in [0.717, 1.165) is 0 Å². The zero-order valence-corrected chi connectivity index (χ0v) is 27.2. The zero-order valence-electron chi connectivity index (χ0n) is 25.6. The molecule has 13 rings (SSSR count). The summed E-state index contributed by atoms with van der Waals surface area (Å²) in [5.74, 6) is 0. The Labute approximate surface area is 285 Å². The van der Waals surface area contributed by atoms with Crippen LogP contribution in [0.2, 0.25) is 0 Å². The van der Waals surface area contributed by atoms with E-state index in [1.165, 1.54) is 107 Å². The highest BCUT2D eigenvalue weighted by Gasteiger charge is 2.48. The molecule has 4 aliphatic rings. The Morgan fingerprint density at radius 1 is 0.375 bits per heavy atom. The van der Waals surface area contributed by atoms with Crippen molar-refractivity contribution in [3.8, 4) is 11.4 Å². The van der Waals surface area contributed by atoms with Gasteiger partial charge in [0.2, 0.25) is 6.71 Å². The Morgan fingerprint density at radius 2 is 0.792 bits per heavy atom. The first kappa shape index (κ1) is 25.0. The summed E-state index contributed by atoms with van der Waals surface area (Å²) in [6.07, 6.45) is 0. The molecule has 0 fully saturated rings. The maximum atomic E-state index is 2.66. The minimum atomic E-state index is 0.131. The number of fused-ring (bicyclic) bond motifs is 16. The molecular formula is C42H22B2N2S2. The van der Waals surface area contributed by atoms with Gasteiger partial charge in [-0.2, -0.15) is 0 Å². The summed E-state index contributed by atoms with van der Waals surface area (Å²) < 4.78 is 5.32. The third-order valence-electron chi connectivity index (χ3n) is 11.4. The van der Waals surface area contributed by atoms with Crippen molar-refractivity contribution in [2.24, 2.45) is 0 Å². The second kappa shape index (κ2) is 8.51. The van der Waals surface area contributed by atoms with Gasteiger partial charge in [-0.3, -0.25) is 0 Å². The highest BCUT2D eigenvalue weighted by Crippen LogP contribution is 2.48. The van der Waals surface area contributed by atoms with E-state index in [-0.39, 0.29) is 13.4 Å². The van der Waals surface area contributed by atoms with Crippen LogP contribution in [0.5, 0.6) is 0 Å². The van der Waals surface area contributed by atoms with Gasteiger partial charge in [0.15, 0.2) is 0 Å². The molecule has 6 heteroatoms. The van der Waals surface area contributed by atoms with Gasteiger partial charge in [-0.15, -0.1) is 0 Å². The molecule has 4 aliphatic heterocycles. The molecule has 2 nitrogen and oxygen atoms in total. The van der Waals surface area contributed by atoms with E-state index in [0.29, 0.717) is 0 Å². The number of rotatable bonds is 0. The van der Waals surface area contributed by atoms with Crippen molar-refractivity contribution in [1.29, 1.82) is 0 Å². The fourth-order valence-electron chi connectivity index (χ4n) is 9.72. The maximum absolute atomic E-state index is 2.66. The van der Waals surface area contributed by atoms with Crippen LogP contribution < -0.4 is 32.8 Å². The number of benzene rings is 7. The van der Waals surface area contributed by atoms with E-state index in [2.05, 4.69) is 143 Å². The largest absolute Gasteiger partial charge is 0.309 e. The lowest BCUT2D eigenvalue weighted by molar-refractivity contribution is 1.08. The van der Waals surface area contributed by atoms with Crippen LogP contribution in [0.25, 0.3) is 55.0 Å². The first-order chi connectivity index (χ1) is 23.9. The molecular weight excluding hydrogens is 618 g/mol. The monoisotopic (exact) mass is 640 g/mol. The molecule has 0 amide bonds. The van der Waals surface area contributed by atoms with Gasteiger partial charge in [0.1, 0.15) is 0 Å². The molecule has 0 aliphatic carbocycles. The lowest BCUT2D eigenvalue weighted by Gasteiger charge is -2.41. The smallest absolute Gasteiger partial charge is 0.252 e. The molecule has 0 unspecified atom stereocenters. The number of para-hydroxylation sites is 4. The predicted molar refractivity (Wildman–Crippen MR) is 206 cm³/mol. The van der Waals surface area contributed by atoms with Gasteiger partial charge in [0.25, 0.3) is 6.71 Å². The van der Waals surface area contributed by atoms with Crippen molar-refractivity contribution in [3.63, 3.8) is 0 Å². The second-order valence-corrected chi connectivity index (χ2v) is 15.6. The lowest BCUT2D eigenvalue weighted by Crippen LogP contribution is -2.63. The van der Waals surface area contributed by atoms with E-state index >= 15 is 0 Å². The summed E-state index contributed by atoms with van der Waals surface area (Å²) in [6, 6.07) is 50.5. The first-order valence-electron chi connectivity index (χ1n) is 16.7. The van der Waals surface area contributed by atoms with Crippen LogP contribution in [0, 0.1) is 0 Å². The lowest BCUT2D eigenvalue weighted by atomic mass is 9.32. The van der Waals surface area contributed by atoms with Crippen molar-refractivity contribution in [2.45, 2.75) is 19.6 Å². The van der Waals surface area contributed by atoms with Crippen molar-refractivity contribution < 1.29 is 0 Å². The fraction of sp³-hybridized carbons (Fsp3) is 0. The molecule has 0 spiro atoms. The first-order valence-corrected chi connectivity index (χ1v) is 18.3. The Kier molecular flexibility index (Phi) is 4.44. The molecule has 6 heterocycles. The molecule has 48 heavy (non-hydrogen) atoms. The van der Waals surface area contributed by atoms with Gasteiger partial charge < -0.3 is 9.13 Å². The minimum Gasteiger partial charge on any atom is -0.309 e. The molecule has 0 bridgehead atoms. The predicted octanol–water partition coefficient (Wildman–Crippen LogP) is 6.47. The van der Waals surface area contributed by atoms with Crippen molar-refractivity contribution >= 4 is 113 Å².